The van der Waals surface area contributed by atoms with Gasteiger partial charge in [0.2, 0.25) is 0 Å². The number of ether oxygens (including phenoxy) is 1. The lowest BCUT2D eigenvalue weighted by Gasteiger charge is -2.11. The lowest BCUT2D eigenvalue weighted by molar-refractivity contribution is 0.298. The Morgan fingerprint density at radius 1 is 1.47 bits per heavy atom. The first kappa shape index (κ1) is 12.7. The molecule has 1 heterocycles. The fraction of sp³-hybridized carbons (Fsp3) is 0.538. The molecule has 1 saturated heterocycles. The molecular formula is C13H17ClFNO. The molecule has 0 amide bonds. The summed E-state index contributed by atoms with van der Waals surface area (Å²) in [4.78, 5) is 0. The van der Waals surface area contributed by atoms with Crippen LogP contribution in [0.25, 0.3) is 0 Å². The lowest BCUT2D eigenvalue weighted by atomic mass is 10.1. The monoisotopic (exact) mass is 257 g/mol. The van der Waals surface area contributed by atoms with Crippen molar-refractivity contribution in [2.24, 2.45) is 0 Å². The van der Waals surface area contributed by atoms with E-state index in [-0.39, 0.29) is 5.82 Å². The number of nitrogens with one attached hydrogen (secondary N) is 1. The Kier molecular flexibility index (Phi) is 4.63. The van der Waals surface area contributed by atoms with Crippen molar-refractivity contribution in [3.8, 4) is 5.75 Å². The van der Waals surface area contributed by atoms with Gasteiger partial charge in [-0.2, -0.15) is 0 Å². The molecule has 0 aliphatic carbocycles. The molecule has 1 aliphatic heterocycles. The molecule has 2 nitrogen and oxygen atoms in total. The normalized spacial score (nSPS) is 19.5. The van der Waals surface area contributed by atoms with Crippen LogP contribution in [-0.4, -0.2) is 19.2 Å². The van der Waals surface area contributed by atoms with E-state index in [9.17, 15) is 4.39 Å². The van der Waals surface area contributed by atoms with E-state index in [0.717, 1.165) is 19.4 Å². The minimum atomic E-state index is -0.318. The third kappa shape index (κ3) is 3.86. The summed E-state index contributed by atoms with van der Waals surface area (Å²) in [6.45, 7) is 1.71. The summed E-state index contributed by atoms with van der Waals surface area (Å²) in [5.41, 5.74) is 0. The van der Waals surface area contributed by atoms with E-state index in [1.807, 2.05) is 0 Å². The Hall–Kier alpha value is -0.800. The summed E-state index contributed by atoms with van der Waals surface area (Å²) in [5, 5.41) is 3.90. The van der Waals surface area contributed by atoms with Gasteiger partial charge in [0.05, 0.1) is 11.6 Å². The van der Waals surface area contributed by atoms with Gasteiger partial charge in [-0.15, -0.1) is 0 Å². The largest absolute Gasteiger partial charge is 0.492 e. The molecule has 94 valence electrons. The average molecular weight is 258 g/mol. The highest BCUT2D eigenvalue weighted by Gasteiger charge is 2.13. The van der Waals surface area contributed by atoms with Crippen molar-refractivity contribution in [1.82, 2.24) is 5.32 Å². The van der Waals surface area contributed by atoms with Crippen molar-refractivity contribution in [3.05, 3.63) is 29.0 Å². The summed E-state index contributed by atoms with van der Waals surface area (Å²) in [6, 6.07) is 4.81. The summed E-state index contributed by atoms with van der Waals surface area (Å²) >= 11 is 5.90. The molecule has 4 heteroatoms. The topological polar surface area (TPSA) is 21.3 Å². The van der Waals surface area contributed by atoms with Gasteiger partial charge >= 0.3 is 0 Å². The third-order valence-corrected chi connectivity index (χ3v) is 3.32. The van der Waals surface area contributed by atoms with Crippen LogP contribution in [0.15, 0.2) is 18.2 Å². The number of rotatable bonds is 5. The van der Waals surface area contributed by atoms with Crippen molar-refractivity contribution < 1.29 is 9.13 Å². The highest BCUT2D eigenvalue weighted by atomic mass is 35.5. The van der Waals surface area contributed by atoms with E-state index in [4.69, 9.17) is 16.3 Å². The first-order chi connectivity index (χ1) is 8.25. The summed E-state index contributed by atoms with van der Waals surface area (Å²) < 4.78 is 18.4. The van der Waals surface area contributed by atoms with Crippen LogP contribution in [0, 0.1) is 5.82 Å². The smallest absolute Gasteiger partial charge is 0.140 e. The summed E-state index contributed by atoms with van der Waals surface area (Å²) in [6.07, 6.45) is 4.58. The Balaban J connectivity index is 1.72. The third-order valence-electron chi connectivity index (χ3n) is 3.01. The van der Waals surface area contributed by atoms with E-state index in [1.165, 1.54) is 31.0 Å². The molecule has 1 fully saturated rings. The molecule has 17 heavy (non-hydrogen) atoms. The first-order valence-corrected chi connectivity index (χ1v) is 6.45. The zero-order valence-corrected chi connectivity index (χ0v) is 10.5. The van der Waals surface area contributed by atoms with E-state index in [2.05, 4.69) is 5.32 Å². The van der Waals surface area contributed by atoms with Crippen molar-refractivity contribution >= 4 is 11.6 Å². The number of hydrogen-bond donors (Lipinski definition) is 1. The highest BCUT2D eigenvalue weighted by Crippen LogP contribution is 2.25. The average Bonchev–Trinajstić information content (AvgIpc) is 2.82. The van der Waals surface area contributed by atoms with Gasteiger partial charge in [0.15, 0.2) is 0 Å². The maximum absolute atomic E-state index is 13.0. The van der Waals surface area contributed by atoms with Gasteiger partial charge in [0, 0.05) is 12.1 Å². The van der Waals surface area contributed by atoms with Crippen LogP contribution in [0.3, 0.4) is 0 Å². The molecule has 1 aromatic rings. The quantitative estimate of drug-likeness (QED) is 0.817. The van der Waals surface area contributed by atoms with E-state index >= 15 is 0 Å². The van der Waals surface area contributed by atoms with Crippen molar-refractivity contribution in [2.45, 2.75) is 31.7 Å². The number of halogens is 2. The first-order valence-electron chi connectivity index (χ1n) is 6.07. The Bertz CT molecular complexity index is 366. The van der Waals surface area contributed by atoms with E-state index in [0.29, 0.717) is 23.4 Å². The minimum Gasteiger partial charge on any atom is -0.492 e. The molecular weight excluding hydrogens is 241 g/mol. The summed E-state index contributed by atoms with van der Waals surface area (Å²) in [5.74, 6) is 0.118. The van der Waals surface area contributed by atoms with Gasteiger partial charge < -0.3 is 10.1 Å². The zero-order chi connectivity index (χ0) is 12.1. The molecule has 0 bridgehead atoms. The summed E-state index contributed by atoms with van der Waals surface area (Å²) in [7, 11) is 0. The molecule has 1 aliphatic rings. The lowest BCUT2D eigenvalue weighted by Crippen LogP contribution is -2.21. The van der Waals surface area contributed by atoms with Gasteiger partial charge in [-0.1, -0.05) is 11.6 Å². The van der Waals surface area contributed by atoms with Gasteiger partial charge in [0.25, 0.3) is 0 Å². The predicted molar refractivity (Wildman–Crippen MR) is 67.2 cm³/mol. The van der Waals surface area contributed by atoms with Crippen molar-refractivity contribution in [1.29, 1.82) is 0 Å². The fourth-order valence-electron chi connectivity index (χ4n) is 2.10. The van der Waals surface area contributed by atoms with E-state index in [1.54, 1.807) is 0 Å². The molecule has 1 atom stereocenters. The van der Waals surface area contributed by atoms with Crippen LogP contribution < -0.4 is 10.1 Å². The molecule has 0 spiro atoms. The van der Waals surface area contributed by atoms with E-state index < -0.39 is 0 Å². The Morgan fingerprint density at radius 2 is 2.35 bits per heavy atom. The van der Waals surface area contributed by atoms with Gasteiger partial charge in [-0.05, 0) is 44.4 Å². The Labute approximate surface area is 106 Å². The molecule has 1 aromatic carbocycles. The van der Waals surface area contributed by atoms with Crippen LogP contribution in [0.2, 0.25) is 5.02 Å². The Morgan fingerprint density at radius 3 is 3.12 bits per heavy atom. The number of benzene rings is 1. The van der Waals surface area contributed by atoms with Crippen molar-refractivity contribution in [2.75, 3.05) is 13.2 Å². The minimum absolute atomic E-state index is 0.318. The predicted octanol–water partition coefficient (Wildman–Crippen LogP) is 3.39. The van der Waals surface area contributed by atoms with Gasteiger partial charge in [-0.25, -0.2) is 4.39 Å². The molecule has 0 saturated carbocycles. The molecule has 2 rings (SSSR count). The van der Waals surface area contributed by atoms with Crippen LogP contribution in [0.5, 0.6) is 5.75 Å². The second kappa shape index (κ2) is 6.22. The SMILES string of the molecule is Fc1ccc(Cl)c(OCCCC2CCCN2)c1. The van der Waals surface area contributed by atoms with Crippen molar-refractivity contribution in [3.63, 3.8) is 0 Å². The number of hydrogen-bond acceptors (Lipinski definition) is 2. The second-order valence-corrected chi connectivity index (χ2v) is 4.77. The molecule has 0 radical (unpaired) electrons. The molecule has 1 unspecified atom stereocenters. The highest BCUT2D eigenvalue weighted by molar-refractivity contribution is 6.32. The van der Waals surface area contributed by atoms with Crippen LogP contribution in [-0.2, 0) is 0 Å². The fourth-order valence-corrected chi connectivity index (χ4v) is 2.27. The van der Waals surface area contributed by atoms with Crippen LogP contribution in [0.4, 0.5) is 4.39 Å². The maximum Gasteiger partial charge on any atom is 0.140 e. The van der Waals surface area contributed by atoms with Gasteiger partial charge in [0.1, 0.15) is 11.6 Å². The molecule has 1 N–H and O–H groups in total. The van der Waals surface area contributed by atoms with Gasteiger partial charge in [-0.3, -0.25) is 0 Å². The molecule has 0 aromatic heterocycles. The second-order valence-electron chi connectivity index (χ2n) is 4.36. The zero-order valence-electron chi connectivity index (χ0n) is 9.72. The van der Waals surface area contributed by atoms with Crippen LogP contribution >= 0.6 is 11.6 Å². The standard InChI is InChI=1S/C13H17ClFNO/c14-12-6-5-10(15)9-13(12)17-8-2-4-11-3-1-7-16-11/h5-6,9,11,16H,1-4,7-8H2. The maximum atomic E-state index is 13.0. The van der Waals surface area contributed by atoms with Crippen LogP contribution in [0.1, 0.15) is 25.7 Å².